The molecule has 0 spiro atoms. The second kappa shape index (κ2) is 8.56. The van der Waals surface area contributed by atoms with Crippen molar-refractivity contribution in [2.45, 2.75) is 18.5 Å². The van der Waals surface area contributed by atoms with Gasteiger partial charge in [0, 0.05) is 17.6 Å². The summed E-state index contributed by atoms with van der Waals surface area (Å²) in [6.07, 6.45) is 0.203. The van der Waals surface area contributed by atoms with Gasteiger partial charge in [-0.25, -0.2) is 9.18 Å². The Labute approximate surface area is 177 Å². The van der Waals surface area contributed by atoms with E-state index in [2.05, 4.69) is 14.8 Å². The molecule has 2 unspecified atom stereocenters. The third-order valence-electron chi connectivity index (χ3n) is 4.45. The first-order chi connectivity index (χ1) is 13.6. The van der Waals surface area contributed by atoms with Crippen LogP contribution in [0.3, 0.4) is 0 Å². The van der Waals surface area contributed by atoms with Gasteiger partial charge in [0.15, 0.2) is 0 Å². The number of hydrogen-bond donors (Lipinski definition) is 4. The fourth-order valence-corrected chi connectivity index (χ4v) is 5.42. The number of thiophene rings is 1. The highest BCUT2D eigenvalue weighted by atomic mass is 35.5. The molecule has 0 radical (unpaired) electrons. The number of benzene rings is 1. The first-order valence-corrected chi connectivity index (χ1v) is 11.0. The van der Waals surface area contributed by atoms with Gasteiger partial charge in [0.05, 0.1) is 18.2 Å². The number of halogens is 2. The number of nitrogens with one attached hydrogen (secondary N) is 2. The first kappa shape index (κ1) is 22.0. The van der Waals surface area contributed by atoms with Gasteiger partial charge in [-0.1, -0.05) is 22.6 Å². The summed E-state index contributed by atoms with van der Waals surface area (Å²) in [6, 6.07) is 5.52. The lowest BCUT2D eigenvalue weighted by Gasteiger charge is -2.50. The molecule has 8 nitrogen and oxygen atoms in total. The smallest absolute Gasteiger partial charge is 0.348 e. The topological polar surface area (TPSA) is 111 Å². The Morgan fingerprint density at radius 1 is 1.38 bits per heavy atom. The van der Waals surface area contributed by atoms with E-state index in [9.17, 15) is 23.1 Å². The molecule has 1 aliphatic heterocycles. The van der Waals surface area contributed by atoms with E-state index in [1.807, 2.05) is 0 Å². The zero-order valence-corrected chi connectivity index (χ0v) is 17.8. The molecule has 12 heteroatoms. The number of nitrogens with zero attached hydrogens (tertiary/aromatic N) is 1. The maximum absolute atomic E-state index is 13.3. The Bertz CT molecular complexity index is 942. The van der Waals surface area contributed by atoms with Crippen LogP contribution in [-0.4, -0.2) is 45.5 Å². The van der Waals surface area contributed by atoms with Crippen LogP contribution in [0, 0.1) is 5.82 Å². The second-order valence-corrected chi connectivity index (χ2v) is 9.67. The van der Waals surface area contributed by atoms with E-state index >= 15 is 0 Å². The molecule has 1 aromatic heterocycles. The number of rotatable bonds is 4. The lowest BCUT2D eigenvalue weighted by Crippen LogP contribution is -2.53. The van der Waals surface area contributed by atoms with E-state index in [1.54, 1.807) is 12.1 Å². The van der Waals surface area contributed by atoms with E-state index in [4.69, 9.17) is 11.6 Å². The third-order valence-corrected chi connectivity index (χ3v) is 7.57. The van der Waals surface area contributed by atoms with Crippen LogP contribution in [0.4, 0.5) is 10.1 Å². The molecule has 1 fully saturated rings. The van der Waals surface area contributed by atoms with Gasteiger partial charge in [-0.05, 0) is 36.8 Å². The minimum Gasteiger partial charge on any atom is -0.465 e. The van der Waals surface area contributed by atoms with Crippen molar-refractivity contribution in [1.82, 2.24) is 9.03 Å². The highest BCUT2D eigenvalue weighted by Gasteiger charge is 2.41. The van der Waals surface area contributed by atoms with Crippen LogP contribution in [0.1, 0.15) is 27.0 Å². The van der Waals surface area contributed by atoms with E-state index in [1.165, 1.54) is 26.3 Å². The molecular formula is C17H19ClFN3O5S2. The number of amides is 1. The summed E-state index contributed by atoms with van der Waals surface area (Å²) in [7, 11) is -0.766. The number of anilines is 1. The van der Waals surface area contributed by atoms with Crippen LogP contribution in [0.15, 0.2) is 30.3 Å². The molecule has 2 aromatic rings. The summed E-state index contributed by atoms with van der Waals surface area (Å²) in [5.41, 5.74) is 0.283. The maximum atomic E-state index is 13.3. The fourth-order valence-electron chi connectivity index (χ4n) is 2.87. The van der Waals surface area contributed by atoms with E-state index in [0.29, 0.717) is 9.75 Å². The number of carbonyl (C=O) groups is 2. The molecule has 29 heavy (non-hydrogen) atoms. The minimum atomic E-state index is -3.45. The van der Waals surface area contributed by atoms with Gasteiger partial charge in [-0.2, -0.15) is 9.03 Å². The van der Waals surface area contributed by atoms with Crippen LogP contribution in [0.2, 0.25) is 5.02 Å². The summed E-state index contributed by atoms with van der Waals surface area (Å²) in [5.74, 6) is -1.62. The van der Waals surface area contributed by atoms with Crippen LogP contribution < -0.4 is 10.0 Å². The molecule has 1 amide bonds. The highest BCUT2D eigenvalue weighted by Crippen LogP contribution is 2.49. The molecular weight excluding hydrogens is 445 g/mol. The van der Waals surface area contributed by atoms with Crippen molar-refractivity contribution in [3.63, 3.8) is 0 Å². The Hall–Kier alpha value is -1.73. The van der Waals surface area contributed by atoms with Gasteiger partial charge in [0.1, 0.15) is 16.7 Å². The zero-order chi connectivity index (χ0) is 21.3. The number of esters is 1. The monoisotopic (exact) mass is 463 g/mol. The van der Waals surface area contributed by atoms with Gasteiger partial charge >= 0.3 is 5.97 Å². The van der Waals surface area contributed by atoms with Crippen molar-refractivity contribution in [2.75, 3.05) is 19.5 Å². The van der Waals surface area contributed by atoms with Crippen LogP contribution >= 0.6 is 33.9 Å². The van der Waals surface area contributed by atoms with Crippen molar-refractivity contribution in [3.8, 4) is 0 Å². The summed E-state index contributed by atoms with van der Waals surface area (Å²) < 4.78 is 42.7. The van der Waals surface area contributed by atoms with Crippen molar-refractivity contribution < 1.29 is 27.8 Å². The molecule has 1 aliphatic rings. The molecule has 1 saturated heterocycles. The van der Waals surface area contributed by atoms with Gasteiger partial charge < -0.3 is 10.1 Å². The summed E-state index contributed by atoms with van der Waals surface area (Å²) in [5, 5.41) is 2.47. The molecule has 2 atom stereocenters. The summed E-state index contributed by atoms with van der Waals surface area (Å²) in [4.78, 5) is 25.5. The number of hydrogen-bond acceptors (Lipinski definition) is 8. The van der Waals surface area contributed by atoms with Crippen LogP contribution in [0.5, 0.6) is 0 Å². The molecule has 0 bridgehead atoms. The van der Waals surface area contributed by atoms with Crippen LogP contribution in [-0.2, 0) is 9.53 Å². The number of carbonyl (C=O) groups excluding carboxylic acids is 2. The molecule has 1 aromatic carbocycles. The molecule has 0 aliphatic carbocycles. The Balaban J connectivity index is 1.81. The average molecular weight is 464 g/mol. The van der Waals surface area contributed by atoms with Crippen molar-refractivity contribution in [3.05, 3.63) is 50.9 Å². The van der Waals surface area contributed by atoms with E-state index in [0.717, 1.165) is 21.7 Å². The lowest BCUT2D eigenvalue weighted by atomic mass is 10.1. The van der Waals surface area contributed by atoms with Gasteiger partial charge in [-0.3, -0.25) is 13.9 Å². The standard InChI is InChI=1S/C17H19ClFN3O5S2/c1-22-13(16(23)20-9-3-4-11(19)10(18)7-9)8-12(21-29(22,25)26)14-5-6-15(28-14)17(24)27-2/h3-7,12-13,21,25-26H,8H2,1-2H3,(H,20,23). The summed E-state index contributed by atoms with van der Waals surface area (Å²) >= 11 is 6.88. The largest absolute Gasteiger partial charge is 0.465 e. The molecule has 4 N–H and O–H groups in total. The highest BCUT2D eigenvalue weighted by molar-refractivity contribution is 8.20. The normalized spacial score (nSPS) is 22.7. The predicted molar refractivity (Wildman–Crippen MR) is 111 cm³/mol. The number of methoxy groups -OCH3 is 1. The van der Waals surface area contributed by atoms with Gasteiger partial charge in [-0.15, -0.1) is 11.3 Å². The predicted octanol–water partition coefficient (Wildman–Crippen LogP) is 3.88. The van der Waals surface area contributed by atoms with Crippen LogP contribution in [0.25, 0.3) is 0 Å². The number of ether oxygens (including phenoxy) is 1. The Morgan fingerprint density at radius 2 is 2.10 bits per heavy atom. The SMILES string of the molecule is COC(=O)c1ccc(C2CC(C(=O)Nc3ccc(F)c(Cl)c3)N(C)S(O)(O)N2)s1. The van der Waals surface area contributed by atoms with Gasteiger partial charge in [0.2, 0.25) is 5.91 Å². The maximum Gasteiger partial charge on any atom is 0.348 e. The fraction of sp³-hybridized carbons (Fsp3) is 0.294. The van der Waals surface area contributed by atoms with E-state index in [-0.39, 0.29) is 17.1 Å². The minimum absolute atomic E-state index is 0.141. The molecule has 158 valence electrons. The van der Waals surface area contributed by atoms with Gasteiger partial charge in [0.25, 0.3) is 0 Å². The number of likely N-dealkylation sites (N-methyl/N-ethyl adjacent to an activating group) is 1. The molecule has 3 rings (SSSR count). The van der Waals surface area contributed by atoms with Crippen molar-refractivity contribution >= 4 is 51.5 Å². The second-order valence-electron chi connectivity index (χ2n) is 6.30. The first-order valence-electron chi connectivity index (χ1n) is 8.35. The average Bonchev–Trinajstić information content (AvgIpc) is 3.16. The Morgan fingerprint density at radius 3 is 2.76 bits per heavy atom. The quantitative estimate of drug-likeness (QED) is 0.509. The van der Waals surface area contributed by atoms with E-state index < -0.39 is 40.7 Å². The van der Waals surface area contributed by atoms with Crippen molar-refractivity contribution in [1.29, 1.82) is 0 Å². The van der Waals surface area contributed by atoms with Crippen molar-refractivity contribution in [2.24, 2.45) is 0 Å². The molecule has 2 heterocycles. The zero-order valence-electron chi connectivity index (χ0n) is 15.4. The Kier molecular flexibility index (Phi) is 6.48. The summed E-state index contributed by atoms with van der Waals surface area (Å²) in [6.45, 7) is 0. The molecule has 0 saturated carbocycles. The lowest BCUT2D eigenvalue weighted by molar-refractivity contribution is -0.120. The third kappa shape index (κ3) is 4.72.